The predicted molar refractivity (Wildman–Crippen MR) is 108 cm³/mol. The number of aromatic nitrogens is 2. The summed E-state index contributed by atoms with van der Waals surface area (Å²) in [7, 11) is 0. The van der Waals surface area contributed by atoms with E-state index in [1.54, 1.807) is 12.1 Å². The molecule has 28 heavy (non-hydrogen) atoms. The van der Waals surface area contributed by atoms with Crippen LogP contribution in [0.1, 0.15) is 23.1 Å². The third-order valence-corrected chi connectivity index (χ3v) is 4.58. The van der Waals surface area contributed by atoms with Gasteiger partial charge in [-0.2, -0.15) is 0 Å². The van der Waals surface area contributed by atoms with Gasteiger partial charge in [-0.15, -0.1) is 10.2 Å². The lowest BCUT2D eigenvalue weighted by Crippen LogP contribution is -2.12. The van der Waals surface area contributed by atoms with E-state index in [1.807, 2.05) is 55.5 Å². The van der Waals surface area contributed by atoms with Crippen molar-refractivity contribution in [3.63, 3.8) is 0 Å². The number of rotatable bonds is 5. The minimum Gasteiger partial charge on any atom is -0.418 e. The van der Waals surface area contributed by atoms with Crippen LogP contribution in [-0.4, -0.2) is 10.2 Å². The molecule has 4 rings (SSSR count). The molecule has 1 aromatic heterocycles. The Bertz CT molecular complexity index is 1080. The van der Waals surface area contributed by atoms with Crippen molar-refractivity contribution >= 4 is 17.3 Å². The maximum atomic E-state index is 13.5. The Kier molecular flexibility index (Phi) is 5.08. The van der Waals surface area contributed by atoms with Crippen molar-refractivity contribution in [2.24, 2.45) is 0 Å². The second-order valence-corrected chi connectivity index (χ2v) is 6.89. The number of nitrogens with zero attached hydrogens (tertiary/aromatic N) is 2. The summed E-state index contributed by atoms with van der Waals surface area (Å²) in [5, 5.41) is 12.4. The highest BCUT2D eigenvalue weighted by Crippen LogP contribution is 2.29. The molecule has 0 fully saturated rings. The standard InChI is InChI=1S/C22H17ClFN3O/c1-14-5-11-19(12-6-14)25-20(15-7-9-17(23)10-8-15)22-27-26-21(28-22)16-3-2-4-18(24)13-16/h2-13,20,25H,1H3. The van der Waals surface area contributed by atoms with Crippen molar-refractivity contribution in [3.05, 3.63) is 101 Å². The molecule has 0 aliphatic carbocycles. The topological polar surface area (TPSA) is 51.0 Å². The predicted octanol–water partition coefficient (Wildman–Crippen LogP) is 6.04. The van der Waals surface area contributed by atoms with Crippen LogP contribution >= 0.6 is 11.6 Å². The third kappa shape index (κ3) is 4.05. The van der Waals surface area contributed by atoms with Crippen molar-refractivity contribution in [1.29, 1.82) is 0 Å². The second kappa shape index (κ2) is 7.82. The first-order valence-electron chi connectivity index (χ1n) is 8.76. The highest BCUT2D eigenvalue weighted by molar-refractivity contribution is 6.30. The minimum atomic E-state index is -0.380. The van der Waals surface area contributed by atoms with E-state index < -0.39 is 0 Å². The van der Waals surface area contributed by atoms with E-state index in [0.717, 1.165) is 11.3 Å². The van der Waals surface area contributed by atoms with Crippen LogP contribution in [-0.2, 0) is 0 Å². The first-order valence-corrected chi connectivity index (χ1v) is 9.14. The molecule has 140 valence electrons. The molecular weight excluding hydrogens is 377 g/mol. The van der Waals surface area contributed by atoms with E-state index in [1.165, 1.54) is 17.7 Å². The molecule has 4 aromatic rings. The fourth-order valence-electron chi connectivity index (χ4n) is 2.85. The molecule has 4 nitrogen and oxygen atoms in total. The largest absolute Gasteiger partial charge is 0.418 e. The number of hydrogen-bond donors (Lipinski definition) is 1. The van der Waals surface area contributed by atoms with Gasteiger partial charge in [-0.1, -0.05) is 47.5 Å². The summed E-state index contributed by atoms with van der Waals surface area (Å²) in [5.74, 6) is 0.283. The zero-order chi connectivity index (χ0) is 19.5. The molecule has 6 heteroatoms. The van der Waals surface area contributed by atoms with Crippen LogP contribution in [0.15, 0.2) is 77.2 Å². The van der Waals surface area contributed by atoms with Gasteiger partial charge >= 0.3 is 0 Å². The zero-order valence-corrected chi connectivity index (χ0v) is 15.8. The van der Waals surface area contributed by atoms with E-state index in [4.69, 9.17) is 16.0 Å². The summed E-state index contributed by atoms with van der Waals surface area (Å²) in [5.41, 5.74) is 3.53. The molecule has 0 bridgehead atoms. The van der Waals surface area contributed by atoms with Gasteiger partial charge in [0.2, 0.25) is 11.8 Å². The maximum absolute atomic E-state index is 13.5. The SMILES string of the molecule is Cc1ccc(NC(c2ccc(Cl)cc2)c2nnc(-c3cccc(F)c3)o2)cc1. The number of hydrogen-bond acceptors (Lipinski definition) is 4. The molecule has 0 aliphatic rings. The minimum absolute atomic E-state index is 0.263. The highest BCUT2D eigenvalue weighted by Gasteiger charge is 2.21. The molecule has 1 heterocycles. The van der Waals surface area contributed by atoms with Gasteiger partial charge in [0.1, 0.15) is 11.9 Å². The molecule has 1 N–H and O–H groups in total. The lowest BCUT2D eigenvalue weighted by Gasteiger charge is -2.17. The molecule has 1 atom stereocenters. The first-order chi connectivity index (χ1) is 13.6. The Labute approximate surface area is 167 Å². The maximum Gasteiger partial charge on any atom is 0.247 e. The van der Waals surface area contributed by atoms with Crippen LogP contribution in [0, 0.1) is 12.7 Å². The Morgan fingerprint density at radius 1 is 0.964 bits per heavy atom. The number of anilines is 1. The average Bonchev–Trinajstić information content (AvgIpc) is 3.18. The van der Waals surface area contributed by atoms with Crippen molar-refractivity contribution in [2.75, 3.05) is 5.32 Å². The second-order valence-electron chi connectivity index (χ2n) is 6.45. The van der Waals surface area contributed by atoms with Crippen molar-refractivity contribution < 1.29 is 8.81 Å². The zero-order valence-electron chi connectivity index (χ0n) is 15.1. The molecule has 0 saturated carbocycles. The van der Waals surface area contributed by atoms with Crippen LogP contribution in [0.25, 0.3) is 11.5 Å². The van der Waals surface area contributed by atoms with E-state index in [2.05, 4.69) is 15.5 Å². The Morgan fingerprint density at radius 2 is 1.71 bits per heavy atom. The fourth-order valence-corrected chi connectivity index (χ4v) is 2.97. The molecule has 0 spiro atoms. The van der Waals surface area contributed by atoms with E-state index in [0.29, 0.717) is 16.5 Å². The van der Waals surface area contributed by atoms with Crippen molar-refractivity contribution in [3.8, 4) is 11.5 Å². The van der Waals surface area contributed by atoms with Gasteiger partial charge in [-0.3, -0.25) is 0 Å². The summed E-state index contributed by atoms with van der Waals surface area (Å²) >= 11 is 6.03. The van der Waals surface area contributed by atoms with Crippen LogP contribution in [0.4, 0.5) is 10.1 Å². The molecule has 0 radical (unpaired) electrons. The summed E-state index contributed by atoms with van der Waals surface area (Å²) < 4.78 is 19.4. The quantitative estimate of drug-likeness (QED) is 0.449. The first kappa shape index (κ1) is 18.2. The Balaban J connectivity index is 1.70. The lowest BCUT2D eigenvalue weighted by molar-refractivity contribution is 0.493. The molecule has 0 saturated heterocycles. The number of nitrogens with one attached hydrogen (secondary N) is 1. The van der Waals surface area contributed by atoms with Gasteiger partial charge in [0.05, 0.1) is 0 Å². The van der Waals surface area contributed by atoms with Crippen LogP contribution < -0.4 is 5.32 Å². The summed E-state index contributed by atoms with van der Waals surface area (Å²) in [6.07, 6.45) is 0. The van der Waals surface area contributed by atoms with Gasteiger partial charge in [0, 0.05) is 16.3 Å². The summed E-state index contributed by atoms with van der Waals surface area (Å²) in [4.78, 5) is 0. The van der Waals surface area contributed by atoms with Gasteiger partial charge in [-0.05, 0) is 55.0 Å². The monoisotopic (exact) mass is 393 g/mol. The average molecular weight is 394 g/mol. The number of aryl methyl sites for hydroxylation is 1. The number of halogens is 2. The van der Waals surface area contributed by atoms with E-state index in [-0.39, 0.29) is 17.7 Å². The van der Waals surface area contributed by atoms with Crippen LogP contribution in [0.3, 0.4) is 0 Å². The molecule has 1 unspecified atom stereocenters. The van der Waals surface area contributed by atoms with Crippen LogP contribution in [0.2, 0.25) is 5.02 Å². The third-order valence-electron chi connectivity index (χ3n) is 4.33. The normalized spacial score (nSPS) is 12.0. The van der Waals surface area contributed by atoms with Gasteiger partial charge in [0.15, 0.2) is 0 Å². The Morgan fingerprint density at radius 3 is 2.43 bits per heavy atom. The highest BCUT2D eigenvalue weighted by atomic mass is 35.5. The smallest absolute Gasteiger partial charge is 0.247 e. The van der Waals surface area contributed by atoms with Gasteiger partial charge < -0.3 is 9.73 Å². The van der Waals surface area contributed by atoms with Crippen molar-refractivity contribution in [1.82, 2.24) is 10.2 Å². The van der Waals surface area contributed by atoms with Gasteiger partial charge in [-0.25, -0.2) is 4.39 Å². The van der Waals surface area contributed by atoms with Crippen molar-refractivity contribution in [2.45, 2.75) is 13.0 Å². The molecule has 0 aliphatic heterocycles. The summed E-state index contributed by atoms with van der Waals surface area (Å²) in [6, 6.07) is 21.1. The molecule has 3 aromatic carbocycles. The van der Waals surface area contributed by atoms with E-state index in [9.17, 15) is 4.39 Å². The van der Waals surface area contributed by atoms with Gasteiger partial charge in [0.25, 0.3) is 0 Å². The molecule has 0 amide bonds. The number of benzene rings is 3. The van der Waals surface area contributed by atoms with Crippen LogP contribution in [0.5, 0.6) is 0 Å². The lowest BCUT2D eigenvalue weighted by atomic mass is 10.1. The van der Waals surface area contributed by atoms with E-state index >= 15 is 0 Å². The Hall–Kier alpha value is -3.18. The molecular formula is C22H17ClFN3O. The fraction of sp³-hybridized carbons (Fsp3) is 0.0909. The summed E-state index contributed by atoms with van der Waals surface area (Å²) in [6.45, 7) is 2.03.